The maximum absolute atomic E-state index is 5.41. The van der Waals surface area contributed by atoms with Gasteiger partial charge in [0.25, 0.3) is 0 Å². The minimum atomic E-state index is 0. The molecule has 3 rings (SSSR count). The van der Waals surface area contributed by atoms with Crippen molar-refractivity contribution in [3.63, 3.8) is 0 Å². The summed E-state index contributed by atoms with van der Waals surface area (Å²) in [6, 6.07) is 6.41. The Morgan fingerprint density at radius 2 is 1.73 bits per heavy atom. The van der Waals surface area contributed by atoms with E-state index >= 15 is 0 Å². The summed E-state index contributed by atoms with van der Waals surface area (Å²) in [4.78, 5) is 9.33. The van der Waals surface area contributed by atoms with Crippen LogP contribution >= 0.6 is 24.0 Å². The number of guanidine groups is 1. The first-order valence-electron chi connectivity index (χ1n) is 10.8. The fourth-order valence-electron chi connectivity index (χ4n) is 4.09. The van der Waals surface area contributed by atoms with E-state index in [2.05, 4.69) is 44.5 Å². The zero-order valence-electron chi connectivity index (χ0n) is 18.8. The average Bonchev–Trinajstić information content (AvgIpc) is 3.22. The number of rotatable bonds is 7. The Bertz CT molecular complexity index is 657. The lowest BCUT2D eigenvalue weighted by Crippen LogP contribution is -2.47. The minimum absolute atomic E-state index is 0. The fourth-order valence-corrected chi connectivity index (χ4v) is 4.09. The van der Waals surface area contributed by atoms with Crippen molar-refractivity contribution in [2.75, 3.05) is 65.4 Å². The molecule has 0 spiro atoms. The van der Waals surface area contributed by atoms with E-state index in [9.17, 15) is 0 Å². The van der Waals surface area contributed by atoms with Gasteiger partial charge in [-0.05, 0) is 38.3 Å². The molecule has 0 bridgehead atoms. The van der Waals surface area contributed by atoms with E-state index in [0.717, 1.165) is 61.7 Å². The second-order valence-electron chi connectivity index (χ2n) is 8.17. The molecular formula is C22H38IN5O2. The monoisotopic (exact) mass is 531 g/mol. The molecule has 0 aliphatic carbocycles. The summed E-state index contributed by atoms with van der Waals surface area (Å²) >= 11 is 0. The van der Waals surface area contributed by atoms with Crippen LogP contribution in [0.25, 0.3) is 0 Å². The van der Waals surface area contributed by atoms with Crippen LogP contribution in [-0.4, -0.2) is 77.4 Å². The van der Waals surface area contributed by atoms with Crippen molar-refractivity contribution in [1.82, 2.24) is 15.5 Å². The molecule has 0 saturated carbocycles. The Kier molecular flexibility index (Phi) is 10.3. The standard InChI is InChI=1S/C22H37N5O2.HI/c1-17-5-9-26(10-6-17)12-8-24-22(23-2)25-18-7-11-27(16-18)19-13-20(28-3)15-21(14-19)29-4;/h13-15,17-18H,5-12,16H2,1-4H3,(H2,23,24,25);1H. The lowest BCUT2D eigenvalue weighted by molar-refractivity contribution is 0.195. The molecular weight excluding hydrogens is 493 g/mol. The number of methoxy groups -OCH3 is 2. The lowest BCUT2D eigenvalue weighted by Gasteiger charge is -2.30. The SMILES string of the molecule is CN=C(NCCN1CCC(C)CC1)NC1CCN(c2cc(OC)cc(OC)c2)C1.I. The number of hydrogen-bond donors (Lipinski definition) is 2. The van der Waals surface area contributed by atoms with Gasteiger partial charge >= 0.3 is 0 Å². The van der Waals surface area contributed by atoms with Gasteiger partial charge in [0.1, 0.15) is 11.5 Å². The van der Waals surface area contributed by atoms with Crippen molar-refractivity contribution in [3.8, 4) is 11.5 Å². The first-order valence-corrected chi connectivity index (χ1v) is 10.8. The number of aliphatic imine (C=N–C) groups is 1. The Morgan fingerprint density at radius 3 is 2.33 bits per heavy atom. The molecule has 8 heteroatoms. The van der Waals surface area contributed by atoms with Crippen LogP contribution in [-0.2, 0) is 0 Å². The summed E-state index contributed by atoms with van der Waals surface area (Å²) in [5, 5.41) is 7.07. The van der Waals surface area contributed by atoms with Crippen LogP contribution < -0.4 is 25.0 Å². The molecule has 30 heavy (non-hydrogen) atoms. The molecule has 0 aromatic heterocycles. The smallest absolute Gasteiger partial charge is 0.191 e. The van der Waals surface area contributed by atoms with Crippen LogP contribution in [0.2, 0.25) is 0 Å². The number of halogens is 1. The van der Waals surface area contributed by atoms with Gasteiger partial charge in [-0.3, -0.25) is 4.99 Å². The highest BCUT2D eigenvalue weighted by Gasteiger charge is 2.24. The molecule has 2 fully saturated rings. The topological polar surface area (TPSA) is 61.4 Å². The first kappa shape index (κ1) is 24.8. The van der Waals surface area contributed by atoms with E-state index in [-0.39, 0.29) is 24.0 Å². The number of hydrogen-bond acceptors (Lipinski definition) is 5. The minimum Gasteiger partial charge on any atom is -0.497 e. The molecule has 2 aliphatic rings. The highest BCUT2D eigenvalue weighted by Crippen LogP contribution is 2.30. The van der Waals surface area contributed by atoms with Crippen molar-refractivity contribution in [1.29, 1.82) is 0 Å². The van der Waals surface area contributed by atoms with Crippen molar-refractivity contribution in [3.05, 3.63) is 18.2 Å². The molecule has 170 valence electrons. The maximum atomic E-state index is 5.41. The zero-order chi connectivity index (χ0) is 20.6. The summed E-state index contributed by atoms with van der Waals surface area (Å²) in [7, 11) is 5.22. The molecule has 1 aromatic carbocycles. The third-order valence-corrected chi connectivity index (χ3v) is 6.05. The zero-order valence-corrected chi connectivity index (χ0v) is 21.1. The van der Waals surface area contributed by atoms with E-state index in [1.54, 1.807) is 14.2 Å². The predicted molar refractivity (Wildman–Crippen MR) is 135 cm³/mol. The molecule has 0 radical (unpaired) electrons. The predicted octanol–water partition coefficient (Wildman–Crippen LogP) is 2.80. The van der Waals surface area contributed by atoms with Crippen LogP contribution in [0.5, 0.6) is 11.5 Å². The first-order chi connectivity index (χ1) is 14.1. The number of likely N-dealkylation sites (tertiary alicyclic amines) is 1. The normalized spacial score (nSPS) is 20.6. The van der Waals surface area contributed by atoms with Crippen molar-refractivity contribution in [2.24, 2.45) is 10.9 Å². The molecule has 2 N–H and O–H groups in total. The van der Waals surface area contributed by atoms with E-state index in [1.165, 1.54) is 25.9 Å². The van der Waals surface area contributed by atoms with Crippen LogP contribution in [0, 0.1) is 5.92 Å². The Labute approximate surface area is 198 Å². The van der Waals surface area contributed by atoms with Crippen LogP contribution in [0.3, 0.4) is 0 Å². The van der Waals surface area contributed by atoms with Crippen molar-refractivity contribution < 1.29 is 9.47 Å². The van der Waals surface area contributed by atoms with Gasteiger partial charge in [0, 0.05) is 63.2 Å². The molecule has 1 atom stereocenters. The number of nitrogens with zero attached hydrogens (tertiary/aromatic N) is 3. The summed E-state index contributed by atoms with van der Waals surface area (Å²) in [5.41, 5.74) is 1.13. The Balaban J connectivity index is 0.00000320. The third kappa shape index (κ3) is 7.08. The van der Waals surface area contributed by atoms with Gasteiger partial charge in [0.2, 0.25) is 0 Å². The molecule has 2 saturated heterocycles. The van der Waals surface area contributed by atoms with Crippen molar-refractivity contribution >= 4 is 35.6 Å². The second kappa shape index (κ2) is 12.4. The van der Waals surface area contributed by atoms with E-state index in [1.807, 2.05) is 13.1 Å². The van der Waals surface area contributed by atoms with Crippen molar-refractivity contribution in [2.45, 2.75) is 32.2 Å². The molecule has 2 heterocycles. The van der Waals surface area contributed by atoms with E-state index in [0.29, 0.717) is 6.04 Å². The average molecular weight is 531 g/mol. The summed E-state index contributed by atoms with van der Waals surface area (Å²) < 4.78 is 10.8. The van der Waals surface area contributed by atoms with Gasteiger partial charge in [-0.1, -0.05) is 6.92 Å². The highest BCUT2D eigenvalue weighted by atomic mass is 127. The number of ether oxygens (including phenoxy) is 2. The second-order valence-corrected chi connectivity index (χ2v) is 8.17. The van der Waals surface area contributed by atoms with Crippen LogP contribution in [0.4, 0.5) is 5.69 Å². The molecule has 1 unspecified atom stereocenters. The largest absolute Gasteiger partial charge is 0.497 e. The number of nitrogens with one attached hydrogen (secondary N) is 2. The van der Waals surface area contributed by atoms with Crippen LogP contribution in [0.15, 0.2) is 23.2 Å². The fraction of sp³-hybridized carbons (Fsp3) is 0.682. The van der Waals surface area contributed by atoms with E-state index in [4.69, 9.17) is 9.47 Å². The van der Waals surface area contributed by atoms with E-state index < -0.39 is 0 Å². The number of anilines is 1. The Morgan fingerprint density at radius 1 is 1.07 bits per heavy atom. The summed E-state index contributed by atoms with van der Waals surface area (Å²) in [6.45, 7) is 8.73. The van der Waals surface area contributed by atoms with Gasteiger partial charge in [-0.15, -0.1) is 24.0 Å². The van der Waals surface area contributed by atoms with Gasteiger partial charge in [0.15, 0.2) is 5.96 Å². The number of piperidine rings is 1. The van der Waals surface area contributed by atoms with Gasteiger partial charge in [0.05, 0.1) is 14.2 Å². The molecule has 0 amide bonds. The Hall–Kier alpha value is -1.42. The third-order valence-electron chi connectivity index (χ3n) is 6.05. The van der Waals surface area contributed by atoms with Crippen LogP contribution in [0.1, 0.15) is 26.2 Å². The highest BCUT2D eigenvalue weighted by molar-refractivity contribution is 14.0. The van der Waals surface area contributed by atoms with Gasteiger partial charge in [-0.25, -0.2) is 0 Å². The summed E-state index contributed by atoms with van der Waals surface area (Å²) in [6.07, 6.45) is 3.71. The quantitative estimate of drug-likeness (QED) is 0.321. The van der Waals surface area contributed by atoms with Gasteiger partial charge in [-0.2, -0.15) is 0 Å². The lowest BCUT2D eigenvalue weighted by atomic mass is 9.99. The van der Waals surface area contributed by atoms with Gasteiger partial charge < -0.3 is 29.9 Å². The molecule has 7 nitrogen and oxygen atoms in total. The maximum Gasteiger partial charge on any atom is 0.191 e. The molecule has 2 aliphatic heterocycles. The number of benzene rings is 1. The molecule has 1 aromatic rings. The summed E-state index contributed by atoms with van der Waals surface area (Å²) in [5.74, 6) is 3.41.